The molecule has 0 bridgehead atoms. The van der Waals surface area contributed by atoms with Crippen LogP contribution in [0, 0.1) is 0 Å². The third-order valence-corrected chi connectivity index (χ3v) is 2.71. The van der Waals surface area contributed by atoms with E-state index < -0.39 is 0 Å². The van der Waals surface area contributed by atoms with E-state index in [1.807, 2.05) is 42.5 Å². The Kier molecular flexibility index (Phi) is 3.68. The van der Waals surface area contributed by atoms with E-state index in [2.05, 4.69) is 12.1 Å². The Balaban J connectivity index is 2.11. The number of carbonyl (C=O) groups excluding carboxylic acids is 1. The van der Waals surface area contributed by atoms with Gasteiger partial charge in [-0.3, -0.25) is 4.79 Å². The van der Waals surface area contributed by atoms with Gasteiger partial charge in [-0.2, -0.15) is 0 Å². The maximum Gasteiger partial charge on any atom is 0.176 e. The molecule has 0 unspecified atom stereocenters. The SMILES string of the molecule is NCC(=O)c1ccc(Cc2ccccc2)cc1. The molecule has 2 aromatic rings. The lowest BCUT2D eigenvalue weighted by Crippen LogP contribution is -2.13. The predicted molar refractivity (Wildman–Crippen MR) is 69.1 cm³/mol. The first-order valence-corrected chi connectivity index (χ1v) is 5.66. The number of Topliss-reactive ketones (excluding diaryl/α,β-unsaturated/α-hetero) is 1. The molecule has 0 aliphatic carbocycles. The van der Waals surface area contributed by atoms with Crippen molar-refractivity contribution in [1.29, 1.82) is 0 Å². The van der Waals surface area contributed by atoms with E-state index in [0.29, 0.717) is 5.56 Å². The normalized spacial score (nSPS) is 10.2. The van der Waals surface area contributed by atoms with Crippen LogP contribution in [0.25, 0.3) is 0 Å². The van der Waals surface area contributed by atoms with Gasteiger partial charge in [-0.05, 0) is 17.5 Å². The smallest absolute Gasteiger partial charge is 0.176 e. The highest BCUT2D eigenvalue weighted by Gasteiger charge is 2.02. The molecule has 0 amide bonds. The van der Waals surface area contributed by atoms with Crippen molar-refractivity contribution >= 4 is 5.78 Å². The van der Waals surface area contributed by atoms with Crippen LogP contribution in [0.5, 0.6) is 0 Å². The summed E-state index contributed by atoms with van der Waals surface area (Å²) in [5.74, 6) is -0.0174. The molecule has 17 heavy (non-hydrogen) atoms. The fourth-order valence-electron chi connectivity index (χ4n) is 1.76. The third-order valence-electron chi connectivity index (χ3n) is 2.71. The van der Waals surface area contributed by atoms with Crippen LogP contribution in [0.3, 0.4) is 0 Å². The van der Waals surface area contributed by atoms with Crippen LogP contribution in [-0.2, 0) is 6.42 Å². The van der Waals surface area contributed by atoms with Crippen molar-refractivity contribution in [3.05, 3.63) is 71.3 Å². The minimum absolute atomic E-state index is 0.0174. The van der Waals surface area contributed by atoms with Gasteiger partial charge in [-0.15, -0.1) is 0 Å². The van der Waals surface area contributed by atoms with E-state index in [1.165, 1.54) is 11.1 Å². The average molecular weight is 225 g/mol. The maximum absolute atomic E-state index is 11.4. The first kappa shape index (κ1) is 11.6. The van der Waals surface area contributed by atoms with Crippen LogP contribution in [-0.4, -0.2) is 12.3 Å². The number of carbonyl (C=O) groups is 1. The van der Waals surface area contributed by atoms with Gasteiger partial charge < -0.3 is 5.73 Å². The Bertz CT molecular complexity index is 488. The van der Waals surface area contributed by atoms with Crippen molar-refractivity contribution in [3.63, 3.8) is 0 Å². The van der Waals surface area contributed by atoms with Crippen LogP contribution in [0.2, 0.25) is 0 Å². The Morgan fingerprint density at radius 1 is 0.882 bits per heavy atom. The summed E-state index contributed by atoms with van der Waals surface area (Å²) in [7, 11) is 0. The van der Waals surface area contributed by atoms with Crippen molar-refractivity contribution in [1.82, 2.24) is 0 Å². The highest BCUT2D eigenvalue weighted by atomic mass is 16.1. The molecule has 2 rings (SSSR count). The van der Waals surface area contributed by atoms with Gasteiger partial charge in [0, 0.05) is 5.56 Å². The standard InChI is InChI=1S/C15H15NO/c16-11-15(17)14-8-6-13(7-9-14)10-12-4-2-1-3-5-12/h1-9H,10-11,16H2. The quantitative estimate of drug-likeness (QED) is 0.812. The zero-order valence-electron chi connectivity index (χ0n) is 9.60. The molecule has 0 spiro atoms. The molecule has 2 N–H and O–H groups in total. The zero-order valence-corrected chi connectivity index (χ0v) is 9.60. The maximum atomic E-state index is 11.4. The van der Waals surface area contributed by atoms with E-state index in [9.17, 15) is 4.79 Å². The molecule has 0 saturated heterocycles. The van der Waals surface area contributed by atoms with Gasteiger partial charge in [0.15, 0.2) is 5.78 Å². The first-order valence-electron chi connectivity index (χ1n) is 5.66. The fourth-order valence-corrected chi connectivity index (χ4v) is 1.76. The van der Waals surface area contributed by atoms with Crippen molar-refractivity contribution in [2.75, 3.05) is 6.54 Å². The second-order valence-electron chi connectivity index (χ2n) is 3.99. The molecule has 0 aliphatic heterocycles. The summed E-state index contributed by atoms with van der Waals surface area (Å²) in [6, 6.07) is 17.9. The highest BCUT2D eigenvalue weighted by molar-refractivity contribution is 5.97. The van der Waals surface area contributed by atoms with Gasteiger partial charge >= 0.3 is 0 Å². The molecule has 0 saturated carbocycles. The van der Waals surface area contributed by atoms with Gasteiger partial charge in [0.25, 0.3) is 0 Å². The van der Waals surface area contributed by atoms with Crippen molar-refractivity contribution in [2.45, 2.75) is 6.42 Å². The molecule has 2 nitrogen and oxygen atoms in total. The second kappa shape index (κ2) is 5.41. The Labute approximate surface area is 101 Å². The number of benzene rings is 2. The van der Waals surface area contributed by atoms with Crippen molar-refractivity contribution in [3.8, 4) is 0 Å². The number of hydrogen-bond donors (Lipinski definition) is 1. The molecular weight excluding hydrogens is 210 g/mol. The van der Waals surface area contributed by atoms with E-state index in [-0.39, 0.29) is 12.3 Å². The molecule has 2 aromatic carbocycles. The molecule has 0 heterocycles. The minimum atomic E-state index is -0.0174. The van der Waals surface area contributed by atoms with E-state index in [4.69, 9.17) is 5.73 Å². The summed E-state index contributed by atoms with van der Waals surface area (Å²) in [6.07, 6.45) is 0.887. The first-order chi connectivity index (χ1) is 8.29. The van der Waals surface area contributed by atoms with Crippen LogP contribution in [0.1, 0.15) is 21.5 Å². The van der Waals surface area contributed by atoms with Crippen LogP contribution < -0.4 is 5.73 Å². The van der Waals surface area contributed by atoms with Gasteiger partial charge in [-0.1, -0.05) is 54.6 Å². The van der Waals surface area contributed by atoms with Gasteiger partial charge in [0.05, 0.1) is 6.54 Å². The summed E-state index contributed by atoms with van der Waals surface area (Å²) < 4.78 is 0. The Morgan fingerprint density at radius 3 is 2.06 bits per heavy atom. The highest BCUT2D eigenvalue weighted by Crippen LogP contribution is 2.10. The summed E-state index contributed by atoms with van der Waals surface area (Å²) in [5.41, 5.74) is 8.47. The number of rotatable bonds is 4. The van der Waals surface area contributed by atoms with Crippen molar-refractivity contribution in [2.24, 2.45) is 5.73 Å². The molecule has 0 aliphatic rings. The molecule has 86 valence electrons. The molecular formula is C15H15NO. The molecule has 0 aromatic heterocycles. The van der Waals surface area contributed by atoms with Gasteiger partial charge in [0.2, 0.25) is 0 Å². The number of hydrogen-bond acceptors (Lipinski definition) is 2. The van der Waals surface area contributed by atoms with E-state index >= 15 is 0 Å². The predicted octanol–water partition coefficient (Wildman–Crippen LogP) is 2.42. The Morgan fingerprint density at radius 2 is 1.47 bits per heavy atom. The molecule has 2 heteroatoms. The van der Waals surface area contributed by atoms with Crippen molar-refractivity contribution < 1.29 is 4.79 Å². The largest absolute Gasteiger partial charge is 0.324 e. The molecule has 0 atom stereocenters. The lowest BCUT2D eigenvalue weighted by Gasteiger charge is -2.03. The molecule has 0 fully saturated rings. The number of nitrogens with two attached hydrogens (primary N) is 1. The van der Waals surface area contributed by atoms with E-state index in [0.717, 1.165) is 6.42 Å². The van der Waals surface area contributed by atoms with Gasteiger partial charge in [-0.25, -0.2) is 0 Å². The van der Waals surface area contributed by atoms with Crippen LogP contribution >= 0.6 is 0 Å². The zero-order chi connectivity index (χ0) is 12.1. The lowest BCUT2D eigenvalue weighted by atomic mass is 10.0. The second-order valence-corrected chi connectivity index (χ2v) is 3.99. The Hall–Kier alpha value is -1.93. The lowest BCUT2D eigenvalue weighted by molar-refractivity contribution is 0.100. The van der Waals surface area contributed by atoms with Gasteiger partial charge in [0.1, 0.15) is 0 Å². The summed E-state index contributed by atoms with van der Waals surface area (Å²) in [4.78, 5) is 11.4. The minimum Gasteiger partial charge on any atom is -0.324 e. The molecule has 0 radical (unpaired) electrons. The monoisotopic (exact) mass is 225 g/mol. The average Bonchev–Trinajstić information content (AvgIpc) is 2.40. The summed E-state index contributed by atoms with van der Waals surface area (Å²) >= 11 is 0. The third kappa shape index (κ3) is 3.02. The van der Waals surface area contributed by atoms with Crippen LogP contribution in [0.15, 0.2) is 54.6 Å². The topological polar surface area (TPSA) is 43.1 Å². The van der Waals surface area contributed by atoms with Crippen LogP contribution in [0.4, 0.5) is 0 Å². The summed E-state index contributed by atoms with van der Waals surface area (Å²) in [6.45, 7) is 0.0675. The fraction of sp³-hybridized carbons (Fsp3) is 0.133. The number of ketones is 1. The summed E-state index contributed by atoms with van der Waals surface area (Å²) in [5, 5.41) is 0. The van der Waals surface area contributed by atoms with E-state index in [1.54, 1.807) is 0 Å².